The lowest BCUT2D eigenvalue weighted by molar-refractivity contribution is -0.129. The third-order valence-corrected chi connectivity index (χ3v) is 5.76. The van der Waals surface area contributed by atoms with E-state index in [4.69, 9.17) is 25.8 Å². The number of hydrogen-bond donors (Lipinski definition) is 1. The van der Waals surface area contributed by atoms with Gasteiger partial charge in [-0.05, 0) is 42.3 Å². The Labute approximate surface area is 195 Å². The van der Waals surface area contributed by atoms with Crippen LogP contribution in [-0.4, -0.2) is 42.3 Å². The second kappa shape index (κ2) is 10.6. The van der Waals surface area contributed by atoms with Gasteiger partial charge in [-0.3, -0.25) is 9.59 Å². The highest BCUT2D eigenvalue weighted by atomic mass is 35.5. The van der Waals surface area contributed by atoms with Crippen LogP contribution in [0, 0.1) is 6.92 Å². The van der Waals surface area contributed by atoms with Crippen LogP contribution in [0.3, 0.4) is 0 Å². The van der Waals surface area contributed by atoms with Gasteiger partial charge >= 0.3 is 0 Å². The third-order valence-electron chi connectivity index (χ3n) is 4.37. The minimum atomic E-state index is -0.501. The van der Waals surface area contributed by atoms with E-state index >= 15 is 0 Å². The number of carbonyl (C=O) groups excluding carboxylic acids is 2. The number of thioether (sulfide) groups is 1. The number of benzene rings is 2. The molecule has 1 unspecified atom stereocenters. The van der Waals surface area contributed by atoms with Crippen LogP contribution in [0.1, 0.15) is 30.3 Å². The molecule has 2 aromatic carbocycles. The zero-order valence-electron chi connectivity index (χ0n) is 18.2. The highest BCUT2D eigenvalue weighted by Crippen LogP contribution is 2.44. The number of halogens is 1. The largest absolute Gasteiger partial charge is 0.493 e. The summed E-state index contributed by atoms with van der Waals surface area (Å²) in [5, 5.41) is 8.25. The Bertz CT molecular complexity index is 1050. The van der Waals surface area contributed by atoms with Crippen molar-refractivity contribution in [2.24, 2.45) is 5.10 Å². The maximum Gasteiger partial charge on any atom is 0.241 e. The fraction of sp³-hybridized carbons (Fsp3) is 0.318. The van der Waals surface area contributed by atoms with E-state index in [1.54, 1.807) is 12.1 Å². The Morgan fingerprint density at radius 3 is 2.59 bits per heavy atom. The molecule has 10 heteroatoms. The van der Waals surface area contributed by atoms with Crippen LogP contribution >= 0.6 is 23.4 Å². The van der Waals surface area contributed by atoms with Gasteiger partial charge in [0.1, 0.15) is 24.3 Å². The summed E-state index contributed by atoms with van der Waals surface area (Å²) in [6, 6.07) is 11.2. The van der Waals surface area contributed by atoms with Crippen molar-refractivity contribution in [3.63, 3.8) is 0 Å². The minimum Gasteiger partial charge on any atom is -0.493 e. The van der Waals surface area contributed by atoms with Crippen LogP contribution in [0.15, 0.2) is 41.5 Å². The fourth-order valence-electron chi connectivity index (χ4n) is 3.01. The molecule has 170 valence electrons. The second-order valence-corrected chi connectivity index (χ2v) is 8.44. The van der Waals surface area contributed by atoms with E-state index in [1.165, 1.54) is 37.7 Å². The number of ether oxygens (including phenoxy) is 3. The summed E-state index contributed by atoms with van der Waals surface area (Å²) in [6.45, 7) is 5.36. The zero-order valence-corrected chi connectivity index (χ0v) is 19.7. The summed E-state index contributed by atoms with van der Waals surface area (Å²) in [4.78, 5) is 23.4. The quantitative estimate of drug-likeness (QED) is 0.603. The van der Waals surface area contributed by atoms with Gasteiger partial charge in [-0.25, -0.2) is 5.01 Å². The highest BCUT2D eigenvalue weighted by molar-refractivity contribution is 8.14. The second-order valence-electron chi connectivity index (χ2n) is 6.97. The van der Waals surface area contributed by atoms with Gasteiger partial charge < -0.3 is 19.5 Å². The van der Waals surface area contributed by atoms with Crippen LogP contribution in [0.4, 0.5) is 0 Å². The van der Waals surface area contributed by atoms with E-state index in [0.717, 1.165) is 11.3 Å². The van der Waals surface area contributed by atoms with E-state index in [1.807, 2.05) is 31.2 Å². The first-order valence-corrected chi connectivity index (χ1v) is 11.1. The van der Waals surface area contributed by atoms with Crippen molar-refractivity contribution in [3.05, 3.63) is 52.5 Å². The first-order chi connectivity index (χ1) is 15.3. The van der Waals surface area contributed by atoms with E-state index in [-0.39, 0.29) is 18.4 Å². The van der Waals surface area contributed by atoms with Crippen LogP contribution in [0.5, 0.6) is 17.2 Å². The molecule has 32 heavy (non-hydrogen) atoms. The lowest BCUT2D eigenvalue weighted by Crippen LogP contribution is -2.25. The van der Waals surface area contributed by atoms with Gasteiger partial charge in [0.05, 0.1) is 12.1 Å². The maximum absolute atomic E-state index is 12.1. The molecule has 0 aromatic heterocycles. The van der Waals surface area contributed by atoms with Crippen LogP contribution in [0.2, 0.25) is 5.02 Å². The monoisotopic (exact) mass is 477 g/mol. The minimum absolute atomic E-state index is 0.261. The molecule has 1 N–H and O–H groups in total. The Morgan fingerprint density at radius 2 is 1.94 bits per heavy atom. The number of amidine groups is 1. The molecule has 1 aliphatic rings. The van der Waals surface area contributed by atoms with E-state index in [0.29, 0.717) is 33.9 Å². The van der Waals surface area contributed by atoms with Gasteiger partial charge in [0, 0.05) is 13.8 Å². The number of aryl methyl sites for hydroxylation is 1. The van der Waals surface area contributed by atoms with Crippen molar-refractivity contribution in [2.75, 3.05) is 20.3 Å². The molecule has 0 saturated carbocycles. The van der Waals surface area contributed by atoms with Gasteiger partial charge in [-0.15, -0.1) is 5.10 Å². The lowest BCUT2D eigenvalue weighted by Gasteiger charge is -2.21. The Morgan fingerprint density at radius 1 is 1.19 bits per heavy atom. The molecule has 2 aromatic rings. The maximum atomic E-state index is 12.1. The standard InChI is InChI=1S/C22H24ClN3O5S/c1-13-6-5-7-17(10-13)30-8-9-31-20-18(23)11-16(12-19(20)29-4)21-26(15(3)28)25-22(32-21)24-14(2)27/h5-7,10-12,21H,8-9H2,1-4H3,(H,24,25,27). The van der Waals surface area contributed by atoms with Crippen molar-refractivity contribution < 1.29 is 23.8 Å². The molecular weight excluding hydrogens is 454 g/mol. The molecule has 8 nitrogen and oxygen atoms in total. The molecule has 2 amide bonds. The summed E-state index contributed by atoms with van der Waals surface area (Å²) in [5.74, 6) is 1.02. The van der Waals surface area contributed by atoms with Crippen LogP contribution < -0.4 is 19.5 Å². The Kier molecular flexibility index (Phi) is 7.87. The molecule has 1 heterocycles. The number of nitrogens with one attached hydrogen (secondary N) is 1. The molecule has 0 saturated heterocycles. The summed E-state index contributed by atoms with van der Waals surface area (Å²) >= 11 is 7.72. The number of amides is 2. The van der Waals surface area contributed by atoms with Crippen LogP contribution in [-0.2, 0) is 9.59 Å². The average molecular weight is 478 g/mol. The van der Waals surface area contributed by atoms with E-state index in [9.17, 15) is 9.59 Å². The molecule has 0 spiro atoms. The van der Waals surface area contributed by atoms with E-state index in [2.05, 4.69) is 10.4 Å². The van der Waals surface area contributed by atoms with Gasteiger partial charge in [-0.2, -0.15) is 0 Å². The molecule has 0 bridgehead atoms. The molecule has 3 rings (SSSR count). The van der Waals surface area contributed by atoms with Gasteiger partial charge in [-0.1, -0.05) is 35.5 Å². The lowest BCUT2D eigenvalue weighted by atomic mass is 10.2. The predicted octanol–water partition coefficient (Wildman–Crippen LogP) is 4.12. The molecular formula is C22H24ClN3O5S. The number of methoxy groups -OCH3 is 1. The van der Waals surface area contributed by atoms with Gasteiger partial charge in [0.25, 0.3) is 0 Å². The Balaban J connectivity index is 1.71. The molecule has 1 atom stereocenters. The molecule has 0 fully saturated rings. The normalized spacial score (nSPS) is 15.2. The summed E-state index contributed by atoms with van der Waals surface area (Å²) < 4.78 is 17.0. The average Bonchev–Trinajstić information content (AvgIpc) is 3.15. The summed E-state index contributed by atoms with van der Waals surface area (Å²) in [6.07, 6.45) is 0. The number of hydrazone groups is 1. The smallest absolute Gasteiger partial charge is 0.241 e. The van der Waals surface area contributed by atoms with E-state index < -0.39 is 5.37 Å². The number of rotatable bonds is 7. The van der Waals surface area contributed by atoms with Crippen LogP contribution in [0.25, 0.3) is 0 Å². The Hall–Kier alpha value is -2.91. The van der Waals surface area contributed by atoms with Gasteiger partial charge in [0.15, 0.2) is 16.7 Å². The van der Waals surface area contributed by atoms with Crippen molar-refractivity contribution in [1.29, 1.82) is 0 Å². The first kappa shape index (κ1) is 23.7. The number of nitrogens with zero attached hydrogens (tertiary/aromatic N) is 2. The topological polar surface area (TPSA) is 89.5 Å². The molecule has 1 aliphatic heterocycles. The third kappa shape index (κ3) is 5.86. The fourth-order valence-corrected chi connectivity index (χ4v) is 4.40. The number of hydrogen-bond acceptors (Lipinski definition) is 7. The first-order valence-electron chi connectivity index (χ1n) is 9.81. The summed E-state index contributed by atoms with van der Waals surface area (Å²) in [5.41, 5.74) is 1.79. The number of carbonyl (C=O) groups is 2. The SMILES string of the molecule is COc1cc(C2SC(NC(C)=O)=NN2C(C)=O)cc(Cl)c1OCCOc1cccc(C)c1. The van der Waals surface area contributed by atoms with Crippen molar-refractivity contribution in [2.45, 2.75) is 26.1 Å². The predicted molar refractivity (Wildman–Crippen MR) is 124 cm³/mol. The summed E-state index contributed by atoms with van der Waals surface area (Å²) in [7, 11) is 1.51. The van der Waals surface area contributed by atoms with Crippen molar-refractivity contribution in [1.82, 2.24) is 10.3 Å². The molecule has 0 radical (unpaired) electrons. The molecule has 0 aliphatic carbocycles. The zero-order chi connectivity index (χ0) is 23.3. The van der Waals surface area contributed by atoms with Gasteiger partial charge in [0.2, 0.25) is 11.8 Å². The highest BCUT2D eigenvalue weighted by Gasteiger charge is 2.33. The van der Waals surface area contributed by atoms with Crippen molar-refractivity contribution >= 4 is 40.3 Å². The van der Waals surface area contributed by atoms with Crippen molar-refractivity contribution in [3.8, 4) is 17.2 Å².